The number of morpholine rings is 1. The number of carbonyl (C=O) groups excluding carboxylic acids is 2. The fourth-order valence-corrected chi connectivity index (χ4v) is 4.10. The number of esters is 1. The van der Waals surface area contributed by atoms with Gasteiger partial charge in [0.2, 0.25) is 10.0 Å². The predicted molar refractivity (Wildman–Crippen MR) is 108 cm³/mol. The third-order valence-electron chi connectivity index (χ3n) is 4.90. The Hall–Kier alpha value is -1.97. The Kier molecular flexibility index (Phi) is 8.60. The molecule has 1 amide bonds. The van der Waals surface area contributed by atoms with Crippen molar-refractivity contribution in [3.8, 4) is 0 Å². The third-order valence-corrected chi connectivity index (χ3v) is 6.81. The lowest BCUT2D eigenvalue weighted by molar-refractivity contribution is -0.148. The van der Waals surface area contributed by atoms with Crippen LogP contribution in [0.1, 0.15) is 32.8 Å². The molecule has 1 aromatic rings. The minimum atomic E-state index is -3.53. The zero-order valence-corrected chi connectivity index (χ0v) is 18.0. The summed E-state index contributed by atoms with van der Waals surface area (Å²) < 4.78 is 36.8. The van der Waals surface area contributed by atoms with Gasteiger partial charge in [0.1, 0.15) is 0 Å². The van der Waals surface area contributed by atoms with Crippen molar-refractivity contribution in [3.63, 3.8) is 0 Å². The van der Waals surface area contributed by atoms with E-state index in [1.165, 1.54) is 4.31 Å². The van der Waals surface area contributed by atoms with Crippen LogP contribution in [0, 0.1) is 5.92 Å². The van der Waals surface area contributed by atoms with Crippen molar-refractivity contribution < 1.29 is 27.5 Å². The molecule has 0 bridgehead atoms. The zero-order chi connectivity index (χ0) is 21.4. The minimum Gasteiger partial charge on any atom is -0.456 e. The molecule has 9 heteroatoms. The maximum atomic E-state index is 12.6. The van der Waals surface area contributed by atoms with Gasteiger partial charge in [0, 0.05) is 25.6 Å². The lowest BCUT2D eigenvalue weighted by Gasteiger charge is -2.26. The molecule has 1 saturated heterocycles. The van der Waals surface area contributed by atoms with Crippen LogP contribution in [0.2, 0.25) is 0 Å². The van der Waals surface area contributed by atoms with E-state index in [4.69, 9.17) is 9.47 Å². The van der Waals surface area contributed by atoms with E-state index in [-0.39, 0.29) is 29.9 Å². The average molecular weight is 427 g/mol. The summed E-state index contributed by atoms with van der Waals surface area (Å²) >= 11 is 0. The largest absolute Gasteiger partial charge is 0.456 e. The molecule has 1 fully saturated rings. The predicted octanol–water partition coefficient (Wildman–Crippen LogP) is 1.34. The smallest absolute Gasteiger partial charge is 0.306 e. The lowest BCUT2D eigenvalue weighted by Crippen LogP contribution is -2.40. The normalized spacial score (nSPS) is 16.4. The van der Waals surface area contributed by atoms with Crippen molar-refractivity contribution in [2.45, 2.75) is 44.6 Å². The first-order valence-electron chi connectivity index (χ1n) is 9.82. The molecule has 29 heavy (non-hydrogen) atoms. The second kappa shape index (κ2) is 10.7. The van der Waals surface area contributed by atoms with E-state index >= 15 is 0 Å². The maximum absolute atomic E-state index is 12.6. The van der Waals surface area contributed by atoms with Crippen LogP contribution in [-0.4, -0.2) is 63.6 Å². The summed E-state index contributed by atoms with van der Waals surface area (Å²) in [6, 6.07) is 6.49. The molecule has 0 aliphatic carbocycles. The summed E-state index contributed by atoms with van der Waals surface area (Å²) in [5.74, 6) is -0.496. The molecule has 8 nitrogen and oxygen atoms in total. The summed E-state index contributed by atoms with van der Waals surface area (Å²) in [6.45, 7) is 7.07. The van der Waals surface area contributed by atoms with Gasteiger partial charge in [0.05, 0.1) is 18.1 Å². The van der Waals surface area contributed by atoms with E-state index in [2.05, 4.69) is 5.32 Å². The Labute approximate surface area is 172 Å². The molecule has 0 radical (unpaired) electrons. The summed E-state index contributed by atoms with van der Waals surface area (Å²) in [4.78, 5) is 23.8. The first-order chi connectivity index (χ1) is 13.7. The van der Waals surface area contributed by atoms with Gasteiger partial charge < -0.3 is 14.8 Å². The van der Waals surface area contributed by atoms with Gasteiger partial charge in [-0.1, -0.05) is 26.0 Å². The molecular weight excluding hydrogens is 396 g/mol. The van der Waals surface area contributed by atoms with Crippen LogP contribution >= 0.6 is 0 Å². The molecule has 162 valence electrons. The topological polar surface area (TPSA) is 102 Å². The molecule has 2 rings (SSSR count). The summed E-state index contributed by atoms with van der Waals surface area (Å²) in [5.41, 5.74) is 0.820. The Morgan fingerprint density at radius 1 is 1.14 bits per heavy atom. The highest BCUT2D eigenvalue weighted by Gasteiger charge is 2.26. The SMILES string of the molecule is CC(C)[C@@H](C)NC(=O)COC(=O)CCc1ccc(S(=O)(=O)N2CCOCC2)cc1. The number of carbonyl (C=O) groups is 2. The molecule has 0 unspecified atom stereocenters. The summed E-state index contributed by atoms with van der Waals surface area (Å²) in [7, 11) is -3.53. The van der Waals surface area contributed by atoms with Crippen LogP contribution < -0.4 is 5.32 Å². The number of amides is 1. The quantitative estimate of drug-likeness (QED) is 0.598. The number of rotatable bonds is 9. The van der Waals surface area contributed by atoms with Gasteiger partial charge in [-0.3, -0.25) is 9.59 Å². The van der Waals surface area contributed by atoms with Gasteiger partial charge in [-0.05, 0) is 37.0 Å². The molecule has 1 N–H and O–H groups in total. The highest BCUT2D eigenvalue weighted by Crippen LogP contribution is 2.18. The number of ether oxygens (including phenoxy) is 2. The molecule has 0 saturated carbocycles. The van der Waals surface area contributed by atoms with Gasteiger partial charge in [-0.2, -0.15) is 4.31 Å². The molecule has 0 spiro atoms. The Morgan fingerprint density at radius 3 is 2.34 bits per heavy atom. The highest BCUT2D eigenvalue weighted by molar-refractivity contribution is 7.89. The van der Waals surface area contributed by atoms with Gasteiger partial charge in [0.15, 0.2) is 6.61 Å². The van der Waals surface area contributed by atoms with Gasteiger partial charge in [-0.25, -0.2) is 8.42 Å². The Bertz CT molecular complexity index is 786. The van der Waals surface area contributed by atoms with Crippen LogP contribution in [-0.2, 0) is 35.5 Å². The number of hydrogen-bond acceptors (Lipinski definition) is 6. The monoisotopic (exact) mass is 426 g/mol. The van der Waals surface area contributed by atoms with E-state index in [9.17, 15) is 18.0 Å². The van der Waals surface area contributed by atoms with E-state index in [0.29, 0.717) is 38.6 Å². The van der Waals surface area contributed by atoms with Gasteiger partial charge >= 0.3 is 5.97 Å². The Morgan fingerprint density at radius 2 is 1.76 bits per heavy atom. The van der Waals surface area contributed by atoms with E-state index in [1.54, 1.807) is 24.3 Å². The number of benzene rings is 1. The van der Waals surface area contributed by atoms with E-state index in [0.717, 1.165) is 5.56 Å². The van der Waals surface area contributed by atoms with Crippen molar-refractivity contribution in [1.29, 1.82) is 0 Å². The summed E-state index contributed by atoms with van der Waals surface area (Å²) in [6.07, 6.45) is 0.517. The van der Waals surface area contributed by atoms with E-state index in [1.807, 2.05) is 20.8 Å². The molecule has 1 heterocycles. The van der Waals surface area contributed by atoms with Gasteiger partial charge in [0.25, 0.3) is 5.91 Å². The highest BCUT2D eigenvalue weighted by atomic mass is 32.2. The standard InChI is InChI=1S/C20H30N2O6S/c1-15(2)16(3)21-19(23)14-28-20(24)9-6-17-4-7-18(8-5-17)29(25,26)22-10-12-27-13-11-22/h4-5,7-8,15-16H,6,9-14H2,1-3H3,(H,21,23)/t16-/m1/s1. The average Bonchev–Trinajstić information content (AvgIpc) is 2.71. The molecule has 1 atom stereocenters. The van der Waals surface area contributed by atoms with Crippen molar-refractivity contribution in [2.24, 2.45) is 5.92 Å². The molecule has 1 aliphatic rings. The van der Waals surface area contributed by atoms with Crippen molar-refractivity contribution in [3.05, 3.63) is 29.8 Å². The van der Waals surface area contributed by atoms with Crippen molar-refractivity contribution >= 4 is 21.9 Å². The first-order valence-corrected chi connectivity index (χ1v) is 11.3. The molecular formula is C20H30N2O6S. The molecule has 1 aromatic carbocycles. The van der Waals surface area contributed by atoms with Gasteiger partial charge in [-0.15, -0.1) is 0 Å². The number of hydrogen-bond donors (Lipinski definition) is 1. The van der Waals surface area contributed by atoms with Crippen LogP contribution in [0.15, 0.2) is 29.2 Å². The lowest BCUT2D eigenvalue weighted by atomic mass is 10.1. The fourth-order valence-electron chi connectivity index (χ4n) is 2.69. The first kappa shape index (κ1) is 23.3. The number of nitrogens with zero attached hydrogens (tertiary/aromatic N) is 1. The zero-order valence-electron chi connectivity index (χ0n) is 17.2. The van der Waals surface area contributed by atoms with Crippen LogP contribution in [0.25, 0.3) is 0 Å². The summed E-state index contributed by atoms with van der Waals surface area (Å²) in [5, 5.41) is 2.77. The molecule has 0 aromatic heterocycles. The molecule has 1 aliphatic heterocycles. The second-order valence-electron chi connectivity index (χ2n) is 7.42. The van der Waals surface area contributed by atoms with Crippen LogP contribution in [0.3, 0.4) is 0 Å². The van der Waals surface area contributed by atoms with Crippen molar-refractivity contribution in [1.82, 2.24) is 9.62 Å². The Balaban J connectivity index is 1.79. The number of aryl methyl sites for hydroxylation is 1. The van der Waals surface area contributed by atoms with E-state index < -0.39 is 16.0 Å². The fraction of sp³-hybridized carbons (Fsp3) is 0.600. The van der Waals surface area contributed by atoms with Crippen molar-refractivity contribution in [2.75, 3.05) is 32.9 Å². The third kappa shape index (κ3) is 7.09. The maximum Gasteiger partial charge on any atom is 0.306 e. The van der Waals surface area contributed by atoms with Crippen LogP contribution in [0.5, 0.6) is 0 Å². The minimum absolute atomic E-state index is 0.00783. The second-order valence-corrected chi connectivity index (χ2v) is 9.36. The number of nitrogens with one attached hydrogen (secondary N) is 1. The number of sulfonamides is 1. The van der Waals surface area contributed by atoms with Crippen LogP contribution in [0.4, 0.5) is 0 Å².